The Bertz CT molecular complexity index is 513. The first-order chi connectivity index (χ1) is 7.29. The molecule has 0 saturated carbocycles. The van der Waals surface area contributed by atoms with Crippen LogP contribution in [0.25, 0.3) is 0 Å². The maximum atomic E-state index is 8.84. The molecule has 0 aliphatic heterocycles. The maximum Gasteiger partial charge on any atom is 0.208 e. The molecule has 0 aliphatic carbocycles. The Labute approximate surface area is 90.6 Å². The van der Waals surface area contributed by atoms with Crippen molar-refractivity contribution in [3.05, 3.63) is 29.7 Å². The van der Waals surface area contributed by atoms with Gasteiger partial charge in [0.05, 0.1) is 5.56 Å². The van der Waals surface area contributed by atoms with Crippen molar-refractivity contribution < 1.29 is 0 Å². The van der Waals surface area contributed by atoms with E-state index in [0.29, 0.717) is 22.3 Å². The molecule has 0 fully saturated rings. The minimum Gasteiger partial charge on any atom is -0.314 e. The van der Waals surface area contributed by atoms with Crippen molar-refractivity contribution >= 4 is 22.5 Å². The normalized spacial score (nSPS) is 9.60. The number of pyridine rings is 1. The predicted octanol–water partition coefficient (Wildman–Crippen LogP) is 1.86. The van der Waals surface area contributed by atoms with E-state index in [1.807, 2.05) is 6.92 Å². The van der Waals surface area contributed by atoms with E-state index >= 15 is 0 Å². The zero-order valence-electron chi connectivity index (χ0n) is 7.93. The van der Waals surface area contributed by atoms with Crippen LogP contribution in [0.3, 0.4) is 0 Å². The summed E-state index contributed by atoms with van der Waals surface area (Å²) in [4.78, 5) is 8.19. The van der Waals surface area contributed by atoms with Crippen LogP contribution >= 0.6 is 11.5 Å². The summed E-state index contributed by atoms with van der Waals surface area (Å²) in [5.41, 5.74) is 0.491. The van der Waals surface area contributed by atoms with Gasteiger partial charge < -0.3 is 5.32 Å². The van der Waals surface area contributed by atoms with Gasteiger partial charge in [-0.05, 0) is 19.1 Å². The van der Waals surface area contributed by atoms with Gasteiger partial charge in [0.25, 0.3) is 0 Å². The maximum absolute atomic E-state index is 8.84. The zero-order chi connectivity index (χ0) is 10.7. The SMILES string of the molecule is Cc1nsc(Nc2ncccc2C#N)n1. The fourth-order valence-electron chi connectivity index (χ4n) is 1.04. The molecule has 6 heteroatoms. The monoisotopic (exact) mass is 217 g/mol. The number of aromatic nitrogens is 3. The molecular formula is C9H7N5S. The molecule has 2 aromatic rings. The number of rotatable bonds is 2. The van der Waals surface area contributed by atoms with E-state index < -0.39 is 0 Å². The van der Waals surface area contributed by atoms with Gasteiger partial charge in [-0.1, -0.05) is 0 Å². The lowest BCUT2D eigenvalue weighted by molar-refractivity contribution is 1.16. The summed E-state index contributed by atoms with van der Waals surface area (Å²) >= 11 is 1.24. The molecule has 0 spiro atoms. The summed E-state index contributed by atoms with van der Waals surface area (Å²) < 4.78 is 4.03. The van der Waals surface area contributed by atoms with Crippen LogP contribution in [0, 0.1) is 18.3 Å². The standard InChI is InChI=1S/C9H7N5S/c1-6-12-9(15-14-6)13-8-7(5-10)3-2-4-11-8/h2-4H,1H3,(H,11,12,13,14). The lowest BCUT2D eigenvalue weighted by atomic mass is 10.3. The molecule has 0 unspecified atom stereocenters. The highest BCUT2D eigenvalue weighted by Gasteiger charge is 2.05. The van der Waals surface area contributed by atoms with Crippen LogP contribution in [0.15, 0.2) is 18.3 Å². The number of nitriles is 1. The van der Waals surface area contributed by atoms with Crippen molar-refractivity contribution in [2.45, 2.75) is 6.92 Å². The lowest BCUT2D eigenvalue weighted by Crippen LogP contribution is -1.95. The summed E-state index contributed by atoms with van der Waals surface area (Å²) in [7, 11) is 0. The third kappa shape index (κ3) is 2.08. The van der Waals surface area contributed by atoms with Crippen LogP contribution in [-0.2, 0) is 0 Å². The molecular weight excluding hydrogens is 210 g/mol. The highest BCUT2D eigenvalue weighted by atomic mass is 32.1. The molecule has 2 rings (SSSR count). The largest absolute Gasteiger partial charge is 0.314 e. The molecule has 0 amide bonds. The van der Waals surface area contributed by atoms with Crippen molar-refractivity contribution in [1.82, 2.24) is 14.3 Å². The number of hydrogen-bond donors (Lipinski definition) is 1. The van der Waals surface area contributed by atoms with Gasteiger partial charge in [0.2, 0.25) is 5.13 Å². The van der Waals surface area contributed by atoms with Crippen molar-refractivity contribution in [3.63, 3.8) is 0 Å². The summed E-state index contributed by atoms with van der Waals surface area (Å²) in [6.45, 7) is 1.81. The van der Waals surface area contributed by atoms with Crippen molar-refractivity contribution in [3.8, 4) is 6.07 Å². The minimum atomic E-state index is 0.491. The van der Waals surface area contributed by atoms with Crippen LogP contribution in [0.2, 0.25) is 0 Å². The average molecular weight is 217 g/mol. The van der Waals surface area contributed by atoms with Crippen molar-refractivity contribution in [2.75, 3.05) is 5.32 Å². The molecule has 0 atom stereocenters. The van der Waals surface area contributed by atoms with Gasteiger partial charge in [0, 0.05) is 17.7 Å². The second-order valence-electron chi connectivity index (χ2n) is 2.78. The smallest absolute Gasteiger partial charge is 0.208 e. The Morgan fingerprint density at radius 3 is 3.07 bits per heavy atom. The molecule has 1 N–H and O–H groups in total. The lowest BCUT2D eigenvalue weighted by Gasteiger charge is -2.01. The predicted molar refractivity (Wildman–Crippen MR) is 56.9 cm³/mol. The fraction of sp³-hybridized carbons (Fsp3) is 0.111. The summed E-state index contributed by atoms with van der Waals surface area (Å²) in [6.07, 6.45) is 1.62. The summed E-state index contributed by atoms with van der Waals surface area (Å²) in [6, 6.07) is 5.47. The van der Waals surface area contributed by atoms with E-state index in [9.17, 15) is 0 Å². The summed E-state index contributed by atoms with van der Waals surface area (Å²) in [5.74, 6) is 1.22. The van der Waals surface area contributed by atoms with Crippen molar-refractivity contribution in [1.29, 1.82) is 5.26 Å². The third-order valence-electron chi connectivity index (χ3n) is 1.68. The quantitative estimate of drug-likeness (QED) is 0.831. The first kappa shape index (κ1) is 9.55. The van der Waals surface area contributed by atoms with E-state index in [4.69, 9.17) is 5.26 Å². The van der Waals surface area contributed by atoms with Crippen LogP contribution in [0.1, 0.15) is 11.4 Å². The molecule has 15 heavy (non-hydrogen) atoms. The molecule has 2 heterocycles. The van der Waals surface area contributed by atoms with Crippen molar-refractivity contribution in [2.24, 2.45) is 0 Å². The molecule has 0 saturated heterocycles. The van der Waals surface area contributed by atoms with Gasteiger partial charge in [0.15, 0.2) is 0 Å². The van der Waals surface area contributed by atoms with Gasteiger partial charge in [-0.3, -0.25) is 0 Å². The average Bonchev–Trinajstić information content (AvgIpc) is 2.65. The van der Waals surface area contributed by atoms with Gasteiger partial charge in [-0.25, -0.2) is 9.97 Å². The number of nitrogens with zero attached hydrogens (tertiary/aromatic N) is 4. The Morgan fingerprint density at radius 2 is 2.40 bits per heavy atom. The highest BCUT2D eigenvalue weighted by Crippen LogP contribution is 2.18. The number of nitrogens with one attached hydrogen (secondary N) is 1. The Morgan fingerprint density at radius 1 is 1.53 bits per heavy atom. The molecule has 5 nitrogen and oxygen atoms in total. The van der Waals surface area contributed by atoms with Crippen LogP contribution < -0.4 is 5.32 Å². The van der Waals surface area contributed by atoms with E-state index in [-0.39, 0.29) is 0 Å². The molecule has 0 aliphatic rings. The molecule has 0 bridgehead atoms. The minimum absolute atomic E-state index is 0.491. The Hall–Kier alpha value is -2.00. The second-order valence-corrected chi connectivity index (χ2v) is 3.53. The third-order valence-corrected chi connectivity index (χ3v) is 2.40. The first-order valence-corrected chi connectivity index (χ1v) is 4.99. The van der Waals surface area contributed by atoms with Gasteiger partial charge in [-0.2, -0.15) is 9.64 Å². The number of hydrogen-bond acceptors (Lipinski definition) is 6. The summed E-state index contributed by atoms with van der Waals surface area (Å²) in [5, 5.41) is 12.4. The molecule has 74 valence electrons. The van der Waals surface area contributed by atoms with E-state index in [1.54, 1.807) is 18.3 Å². The topological polar surface area (TPSA) is 74.5 Å². The Balaban J connectivity index is 2.28. The van der Waals surface area contributed by atoms with E-state index in [2.05, 4.69) is 25.7 Å². The van der Waals surface area contributed by atoms with Gasteiger partial charge in [-0.15, -0.1) is 0 Å². The number of aryl methyl sites for hydroxylation is 1. The highest BCUT2D eigenvalue weighted by molar-refractivity contribution is 7.09. The van der Waals surface area contributed by atoms with Crippen LogP contribution in [0.5, 0.6) is 0 Å². The van der Waals surface area contributed by atoms with Crippen LogP contribution in [0.4, 0.5) is 10.9 Å². The molecule has 0 aromatic carbocycles. The second kappa shape index (κ2) is 4.02. The molecule has 0 radical (unpaired) electrons. The van der Waals surface area contributed by atoms with Gasteiger partial charge >= 0.3 is 0 Å². The first-order valence-electron chi connectivity index (χ1n) is 4.22. The zero-order valence-corrected chi connectivity index (χ0v) is 8.75. The Kier molecular flexibility index (Phi) is 2.56. The fourth-order valence-corrected chi connectivity index (χ4v) is 1.62. The van der Waals surface area contributed by atoms with E-state index in [0.717, 1.165) is 0 Å². The number of anilines is 2. The van der Waals surface area contributed by atoms with Gasteiger partial charge in [0.1, 0.15) is 17.7 Å². The van der Waals surface area contributed by atoms with E-state index in [1.165, 1.54) is 11.5 Å². The molecule has 2 aromatic heterocycles. The van der Waals surface area contributed by atoms with Crippen LogP contribution in [-0.4, -0.2) is 14.3 Å².